The van der Waals surface area contributed by atoms with Crippen LogP contribution in [0.5, 0.6) is 0 Å². The zero-order chi connectivity index (χ0) is 19.2. The van der Waals surface area contributed by atoms with E-state index in [2.05, 4.69) is 41.2 Å². The van der Waals surface area contributed by atoms with Crippen molar-refractivity contribution in [2.75, 3.05) is 0 Å². The fourth-order valence-corrected chi connectivity index (χ4v) is 2.94. The molecule has 27 heavy (non-hydrogen) atoms. The van der Waals surface area contributed by atoms with E-state index in [-0.39, 0.29) is 5.41 Å². The minimum absolute atomic E-state index is 0.237. The van der Waals surface area contributed by atoms with Crippen molar-refractivity contribution >= 4 is 22.8 Å². The number of fused-ring (bicyclic) bond motifs is 1. The first kappa shape index (κ1) is 17.5. The first-order valence-electron chi connectivity index (χ1n) is 8.54. The number of aromatic nitrogens is 8. The highest BCUT2D eigenvalue weighted by molar-refractivity contribution is 6.31. The van der Waals surface area contributed by atoms with Gasteiger partial charge in [0.15, 0.2) is 11.2 Å². The molecule has 0 aliphatic heterocycles. The van der Waals surface area contributed by atoms with E-state index in [9.17, 15) is 0 Å². The highest BCUT2D eigenvalue weighted by Gasteiger charge is 2.24. The van der Waals surface area contributed by atoms with Crippen LogP contribution in [0.15, 0.2) is 30.6 Å². The Bertz CT molecular complexity index is 1120. The summed E-state index contributed by atoms with van der Waals surface area (Å²) in [5.74, 6) is 0.710. The summed E-state index contributed by atoms with van der Waals surface area (Å²) in [4.78, 5) is 13.9. The molecule has 0 unspecified atom stereocenters. The Kier molecular flexibility index (Phi) is 4.15. The van der Waals surface area contributed by atoms with E-state index in [0.717, 1.165) is 5.69 Å². The number of pyridine rings is 1. The Hall–Kier alpha value is -2.87. The first-order chi connectivity index (χ1) is 12.8. The lowest BCUT2D eigenvalue weighted by Crippen LogP contribution is -2.18. The summed E-state index contributed by atoms with van der Waals surface area (Å²) in [6.07, 6.45) is 3.44. The zero-order valence-corrected chi connectivity index (χ0v) is 16.3. The molecule has 0 fully saturated rings. The summed E-state index contributed by atoms with van der Waals surface area (Å²) in [6.45, 7) is 6.60. The van der Waals surface area contributed by atoms with E-state index in [1.54, 1.807) is 33.9 Å². The lowest BCUT2D eigenvalue weighted by Gasteiger charge is -2.17. The van der Waals surface area contributed by atoms with E-state index in [4.69, 9.17) is 21.6 Å². The molecular formula is C18H19ClN8. The molecule has 0 amide bonds. The molecule has 0 N–H and O–H groups in total. The molecule has 0 saturated carbocycles. The van der Waals surface area contributed by atoms with E-state index in [1.807, 2.05) is 13.1 Å². The van der Waals surface area contributed by atoms with Crippen LogP contribution in [-0.4, -0.2) is 39.7 Å². The minimum Gasteiger partial charge on any atom is -0.266 e. The van der Waals surface area contributed by atoms with Crippen LogP contribution >= 0.6 is 11.6 Å². The average molecular weight is 383 g/mol. The van der Waals surface area contributed by atoms with Crippen LogP contribution < -0.4 is 0 Å². The third-order valence-corrected chi connectivity index (χ3v) is 4.58. The molecule has 0 bridgehead atoms. The predicted octanol–water partition coefficient (Wildman–Crippen LogP) is 3.02. The van der Waals surface area contributed by atoms with Crippen LogP contribution in [0.4, 0.5) is 0 Å². The highest BCUT2D eigenvalue weighted by atomic mass is 35.5. The minimum atomic E-state index is -0.237. The van der Waals surface area contributed by atoms with Crippen molar-refractivity contribution in [2.24, 2.45) is 7.05 Å². The van der Waals surface area contributed by atoms with E-state index < -0.39 is 0 Å². The van der Waals surface area contributed by atoms with Crippen molar-refractivity contribution in [2.45, 2.75) is 32.7 Å². The maximum atomic E-state index is 6.26. The highest BCUT2D eigenvalue weighted by Crippen LogP contribution is 2.28. The second-order valence-electron chi connectivity index (χ2n) is 7.34. The number of halogens is 1. The van der Waals surface area contributed by atoms with Crippen LogP contribution in [0.1, 0.15) is 32.3 Å². The molecule has 0 aliphatic carbocycles. The molecule has 4 heterocycles. The van der Waals surface area contributed by atoms with E-state index in [0.29, 0.717) is 39.9 Å². The SMILES string of the molecule is Cn1nccc1-c1nc(C(C)(C)C)nc2c1nnn2Cc1ncccc1Cl. The Morgan fingerprint density at radius 1 is 1.11 bits per heavy atom. The molecule has 4 rings (SSSR count). The molecule has 0 radical (unpaired) electrons. The van der Waals surface area contributed by atoms with Gasteiger partial charge in [0.1, 0.15) is 11.5 Å². The normalized spacial score (nSPS) is 12.0. The molecule has 0 atom stereocenters. The second kappa shape index (κ2) is 6.38. The lowest BCUT2D eigenvalue weighted by atomic mass is 9.95. The molecule has 138 valence electrons. The number of hydrogen-bond acceptors (Lipinski definition) is 6. The molecule has 4 aromatic heterocycles. The molecule has 0 spiro atoms. The van der Waals surface area contributed by atoms with Crippen molar-refractivity contribution in [1.29, 1.82) is 0 Å². The average Bonchev–Trinajstić information content (AvgIpc) is 3.22. The van der Waals surface area contributed by atoms with E-state index >= 15 is 0 Å². The maximum absolute atomic E-state index is 6.26. The Morgan fingerprint density at radius 2 is 1.93 bits per heavy atom. The maximum Gasteiger partial charge on any atom is 0.183 e. The number of nitrogens with zero attached hydrogens (tertiary/aromatic N) is 8. The molecule has 9 heteroatoms. The summed E-state index contributed by atoms with van der Waals surface area (Å²) in [7, 11) is 1.87. The Balaban J connectivity index is 1.93. The summed E-state index contributed by atoms with van der Waals surface area (Å²) in [5, 5.41) is 13.5. The molecule has 8 nitrogen and oxygen atoms in total. The standard InChI is InChI=1S/C18H19ClN8/c1-18(2,3)17-22-14(13-7-9-21-26(13)4)15-16(23-17)27(25-24-15)10-12-11(19)6-5-8-20-12/h5-9H,10H2,1-4H3. The summed E-state index contributed by atoms with van der Waals surface area (Å²) >= 11 is 6.26. The molecule has 0 aliphatic rings. The van der Waals surface area contributed by atoms with Gasteiger partial charge in [-0.05, 0) is 18.2 Å². The van der Waals surface area contributed by atoms with Crippen molar-refractivity contribution in [3.63, 3.8) is 0 Å². The first-order valence-corrected chi connectivity index (χ1v) is 8.92. The van der Waals surface area contributed by atoms with Gasteiger partial charge in [-0.15, -0.1) is 5.10 Å². The van der Waals surface area contributed by atoms with Gasteiger partial charge in [-0.2, -0.15) is 5.10 Å². The lowest BCUT2D eigenvalue weighted by molar-refractivity contribution is 0.545. The second-order valence-corrected chi connectivity index (χ2v) is 7.74. The topological polar surface area (TPSA) is 87.2 Å². The van der Waals surface area contributed by atoms with Gasteiger partial charge in [-0.1, -0.05) is 37.6 Å². The fraction of sp³-hybridized carbons (Fsp3) is 0.333. The van der Waals surface area contributed by atoms with Gasteiger partial charge in [0.25, 0.3) is 0 Å². The third kappa shape index (κ3) is 3.16. The van der Waals surface area contributed by atoms with Gasteiger partial charge >= 0.3 is 0 Å². The zero-order valence-electron chi connectivity index (χ0n) is 15.5. The van der Waals surface area contributed by atoms with Crippen LogP contribution in [0.2, 0.25) is 5.02 Å². The van der Waals surface area contributed by atoms with Crippen LogP contribution in [0.25, 0.3) is 22.6 Å². The number of rotatable bonds is 3. The van der Waals surface area contributed by atoms with Crippen molar-refractivity contribution in [3.8, 4) is 11.4 Å². The summed E-state index contributed by atoms with van der Waals surface area (Å²) < 4.78 is 3.48. The number of hydrogen-bond donors (Lipinski definition) is 0. The number of aryl methyl sites for hydroxylation is 1. The molecule has 4 aromatic rings. The van der Waals surface area contributed by atoms with Gasteiger partial charge in [-0.3, -0.25) is 9.67 Å². The Morgan fingerprint density at radius 3 is 2.59 bits per heavy atom. The van der Waals surface area contributed by atoms with Gasteiger partial charge in [0.2, 0.25) is 0 Å². The van der Waals surface area contributed by atoms with Crippen LogP contribution in [0.3, 0.4) is 0 Å². The smallest absolute Gasteiger partial charge is 0.183 e. The summed E-state index contributed by atoms with van der Waals surface area (Å²) in [6, 6.07) is 5.51. The van der Waals surface area contributed by atoms with Gasteiger partial charge in [0, 0.05) is 24.9 Å². The van der Waals surface area contributed by atoms with Crippen molar-refractivity contribution in [1.82, 2.24) is 39.7 Å². The predicted molar refractivity (Wildman–Crippen MR) is 102 cm³/mol. The van der Waals surface area contributed by atoms with Crippen LogP contribution in [-0.2, 0) is 19.0 Å². The quantitative estimate of drug-likeness (QED) is 0.541. The molecule has 0 saturated heterocycles. The van der Waals surface area contributed by atoms with E-state index in [1.165, 1.54) is 0 Å². The van der Waals surface area contributed by atoms with Gasteiger partial charge in [-0.25, -0.2) is 14.6 Å². The fourth-order valence-electron chi connectivity index (χ4n) is 2.76. The third-order valence-electron chi connectivity index (χ3n) is 4.23. The van der Waals surface area contributed by atoms with Crippen molar-refractivity contribution in [3.05, 3.63) is 47.1 Å². The van der Waals surface area contributed by atoms with Crippen LogP contribution in [0, 0.1) is 0 Å². The van der Waals surface area contributed by atoms with Gasteiger partial charge < -0.3 is 0 Å². The largest absolute Gasteiger partial charge is 0.266 e. The molecule has 0 aromatic carbocycles. The van der Waals surface area contributed by atoms with Crippen molar-refractivity contribution < 1.29 is 0 Å². The Labute approximate surface area is 161 Å². The summed E-state index contributed by atoms with van der Waals surface area (Å²) in [5.41, 5.74) is 3.31. The molecular weight excluding hydrogens is 364 g/mol. The monoisotopic (exact) mass is 382 g/mol. The van der Waals surface area contributed by atoms with Gasteiger partial charge in [0.05, 0.1) is 23.0 Å².